The predicted molar refractivity (Wildman–Crippen MR) is 56.3 cm³/mol. The van der Waals surface area contributed by atoms with E-state index in [1.54, 1.807) is 12.1 Å². The normalized spacial score (nSPS) is 32.5. The molecule has 1 fully saturated rings. The first kappa shape index (κ1) is 12.1. The second kappa shape index (κ2) is 4.84. The number of rotatable bonds is 3. The first-order valence-electron chi connectivity index (χ1n) is 5.06. The molecule has 1 aromatic heterocycles. The van der Waals surface area contributed by atoms with Gasteiger partial charge >= 0.3 is 0 Å². The molecule has 0 aliphatic carbocycles. The lowest BCUT2D eigenvalue weighted by molar-refractivity contribution is -0.168. The summed E-state index contributed by atoms with van der Waals surface area (Å²) in [6, 6.07) is 2.50. The number of pyridine rings is 1. The molecular weight excluding hydrogens is 228 g/mol. The van der Waals surface area contributed by atoms with Gasteiger partial charge in [-0.3, -0.25) is 0 Å². The van der Waals surface area contributed by atoms with Gasteiger partial charge in [0.05, 0.1) is 13.2 Å². The van der Waals surface area contributed by atoms with Gasteiger partial charge in [0.15, 0.2) is 12.0 Å². The molecule has 0 aromatic carbocycles. The van der Waals surface area contributed by atoms with E-state index in [1.807, 2.05) is 0 Å². The quantitative estimate of drug-likeness (QED) is 0.613. The first-order chi connectivity index (χ1) is 8.13. The number of hydrogen-bond acceptors (Lipinski definition) is 7. The van der Waals surface area contributed by atoms with Crippen molar-refractivity contribution < 1.29 is 24.4 Å². The van der Waals surface area contributed by atoms with Crippen molar-refractivity contribution in [1.29, 1.82) is 0 Å². The topological polar surface area (TPSA) is 107 Å². The van der Waals surface area contributed by atoms with Crippen LogP contribution in [-0.4, -0.2) is 47.0 Å². The molecule has 0 spiro atoms. The van der Waals surface area contributed by atoms with Crippen LogP contribution in [0.1, 0.15) is 0 Å². The molecule has 4 atom stereocenters. The van der Waals surface area contributed by atoms with E-state index < -0.39 is 24.7 Å². The van der Waals surface area contributed by atoms with Crippen LogP contribution in [0, 0.1) is 0 Å². The zero-order valence-corrected chi connectivity index (χ0v) is 9.19. The summed E-state index contributed by atoms with van der Waals surface area (Å²) >= 11 is 0. The van der Waals surface area contributed by atoms with Crippen LogP contribution in [0.2, 0.25) is 0 Å². The highest BCUT2D eigenvalue weighted by Crippen LogP contribution is 2.27. The SMILES string of the molecule is COc1cccnc1OC1OC(O)C(O)C1N. The highest BCUT2D eigenvalue weighted by Gasteiger charge is 2.42. The number of nitrogens with two attached hydrogens (primary N) is 1. The minimum atomic E-state index is -1.36. The average molecular weight is 242 g/mol. The first-order valence-corrected chi connectivity index (χ1v) is 5.06. The third-order valence-corrected chi connectivity index (χ3v) is 2.46. The molecule has 0 radical (unpaired) electrons. The smallest absolute Gasteiger partial charge is 0.259 e. The van der Waals surface area contributed by atoms with Gasteiger partial charge in [-0.2, -0.15) is 0 Å². The van der Waals surface area contributed by atoms with Gasteiger partial charge in [-0.1, -0.05) is 0 Å². The van der Waals surface area contributed by atoms with E-state index in [9.17, 15) is 10.2 Å². The van der Waals surface area contributed by atoms with Gasteiger partial charge in [-0.05, 0) is 12.1 Å². The number of hydrogen-bond donors (Lipinski definition) is 3. The Balaban J connectivity index is 2.11. The van der Waals surface area contributed by atoms with Crippen LogP contribution in [-0.2, 0) is 4.74 Å². The molecule has 0 bridgehead atoms. The number of nitrogens with zero attached hydrogens (tertiary/aromatic N) is 1. The molecule has 4 N–H and O–H groups in total. The summed E-state index contributed by atoms with van der Waals surface area (Å²) in [5, 5.41) is 18.7. The Morgan fingerprint density at radius 3 is 2.82 bits per heavy atom. The molecule has 7 heteroatoms. The van der Waals surface area contributed by atoms with Crippen molar-refractivity contribution in [2.24, 2.45) is 5.73 Å². The van der Waals surface area contributed by atoms with E-state index in [2.05, 4.69) is 4.98 Å². The minimum absolute atomic E-state index is 0.191. The molecule has 0 amide bonds. The van der Waals surface area contributed by atoms with Crippen molar-refractivity contribution >= 4 is 0 Å². The Kier molecular flexibility index (Phi) is 3.43. The maximum atomic E-state index is 9.41. The summed E-state index contributed by atoms with van der Waals surface area (Å²) in [7, 11) is 1.48. The van der Waals surface area contributed by atoms with Crippen LogP contribution >= 0.6 is 0 Å². The van der Waals surface area contributed by atoms with Crippen molar-refractivity contribution in [2.45, 2.75) is 24.7 Å². The standard InChI is InChI=1S/C10H14N2O5/c1-15-5-3-2-4-12-8(5)16-10-6(11)7(13)9(14)17-10/h2-4,6-7,9-10,13-14H,11H2,1H3. The largest absolute Gasteiger partial charge is 0.491 e. The monoisotopic (exact) mass is 242 g/mol. The van der Waals surface area contributed by atoms with Crippen molar-refractivity contribution in [3.8, 4) is 11.6 Å². The number of aliphatic hydroxyl groups is 2. The second-order valence-corrected chi connectivity index (χ2v) is 3.59. The van der Waals surface area contributed by atoms with Crippen molar-refractivity contribution in [2.75, 3.05) is 7.11 Å². The molecule has 2 rings (SSSR count). The van der Waals surface area contributed by atoms with Gasteiger partial charge in [-0.25, -0.2) is 4.98 Å². The number of aliphatic hydroxyl groups excluding tert-OH is 2. The predicted octanol–water partition coefficient (Wildman–Crippen LogP) is -1.17. The van der Waals surface area contributed by atoms with Crippen LogP contribution in [0.25, 0.3) is 0 Å². The summed E-state index contributed by atoms with van der Waals surface area (Å²) in [5.41, 5.74) is 5.62. The highest BCUT2D eigenvalue weighted by molar-refractivity contribution is 5.32. The minimum Gasteiger partial charge on any atom is -0.491 e. The number of ether oxygens (including phenoxy) is 3. The van der Waals surface area contributed by atoms with Gasteiger partial charge in [0.2, 0.25) is 6.29 Å². The lowest BCUT2D eigenvalue weighted by Crippen LogP contribution is -2.42. The highest BCUT2D eigenvalue weighted by atomic mass is 16.7. The second-order valence-electron chi connectivity index (χ2n) is 3.59. The van der Waals surface area contributed by atoms with Crippen LogP contribution in [0.15, 0.2) is 18.3 Å². The fourth-order valence-electron chi connectivity index (χ4n) is 1.50. The van der Waals surface area contributed by atoms with E-state index in [4.69, 9.17) is 19.9 Å². The molecule has 1 aliphatic rings. The van der Waals surface area contributed by atoms with Gasteiger partial charge in [0, 0.05) is 6.20 Å². The Morgan fingerprint density at radius 1 is 1.47 bits per heavy atom. The lowest BCUT2D eigenvalue weighted by atomic mass is 10.2. The van der Waals surface area contributed by atoms with Gasteiger partial charge in [-0.15, -0.1) is 0 Å². The number of aromatic nitrogens is 1. The fourth-order valence-corrected chi connectivity index (χ4v) is 1.50. The van der Waals surface area contributed by atoms with Crippen molar-refractivity contribution in [3.63, 3.8) is 0 Å². The van der Waals surface area contributed by atoms with Crippen molar-refractivity contribution in [3.05, 3.63) is 18.3 Å². The van der Waals surface area contributed by atoms with Crippen molar-refractivity contribution in [1.82, 2.24) is 4.98 Å². The summed E-state index contributed by atoms with van der Waals surface area (Å²) in [6.45, 7) is 0. The molecule has 1 saturated heterocycles. The van der Waals surface area contributed by atoms with E-state index >= 15 is 0 Å². The van der Waals surface area contributed by atoms with E-state index in [0.29, 0.717) is 5.75 Å². The van der Waals surface area contributed by atoms with Gasteiger partial charge in [0.25, 0.3) is 5.88 Å². The third-order valence-electron chi connectivity index (χ3n) is 2.46. The van der Waals surface area contributed by atoms with Crippen LogP contribution in [0.3, 0.4) is 0 Å². The Morgan fingerprint density at radius 2 is 2.24 bits per heavy atom. The molecule has 1 aliphatic heterocycles. The lowest BCUT2D eigenvalue weighted by Gasteiger charge is -2.17. The Bertz CT molecular complexity index is 389. The van der Waals surface area contributed by atoms with E-state index in [-0.39, 0.29) is 5.88 Å². The molecule has 94 valence electrons. The molecule has 1 aromatic rings. The molecule has 4 unspecified atom stereocenters. The maximum absolute atomic E-state index is 9.41. The molecule has 0 saturated carbocycles. The molecule has 17 heavy (non-hydrogen) atoms. The summed E-state index contributed by atoms with van der Waals surface area (Å²) in [6.07, 6.45) is -1.99. The average Bonchev–Trinajstić information content (AvgIpc) is 2.58. The molecular formula is C10H14N2O5. The van der Waals surface area contributed by atoms with E-state index in [0.717, 1.165) is 0 Å². The zero-order chi connectivity index (χ0) is 12.4. The molecule has 2 heterocycles. The summed E-state index contributed by atoms with van der Waals surface area (Å²) in [4.78, 5) is 3.95. The molecule has 7 nitrogen and oxygen atoms in total. The Hall–Kier alpha value is -1.41. The summed E-state index contributed by atoms with van der Waals surface area (Å²) < 4.78 is 15.3. The Labute approximate surface area is 97.7 Å². The van der Waals surface area contributed by atoms with Gasteiger partial charge in [0.1, 0.15) is 6.10 Å². The van der Waals surface area contributed by atoms with Gasteiger partial charge < -0.3 is 30.2 Å². The fraction of sp³-hybridized carbons (Fsp3) is 0.500. The van der Waals surface area contributed by atoms with Crippen LogP contribution in [0.4, 0.5) is 0 Å². The zero-order valence-electron chi connectivity index (χ0n) is 9.19. The summed E-state index contributed by atoms with van der Waals surface area (Å²) in [5.74, 6) is 0.607. The maximum Gasteiger partial charge on any atom is 0.259 e. The van der Waals surface area contributed by atoms with E-state index in [1.165, 1.54) is 13.3 Å². The van der Waals surface area contributed by atoms with Crippen LogP contribution in [0.5, 0.6) is 11.6 Å². The van der Waals surface area contributed by atoms with Crippen LogP contribution < -0.4 is 15.2 Å². The third kappa shape index (κ3) is 2.32. The number of methoxy groups -OCH3 is 1.